The first kappa shape index (κ1) is 20.6. The maximum Gasteiger partial charge on any atom is 0.191 e. The SMILES string of the molecule is CCNC(=NCC(c1cccs1)N1CCC(C)CC1)NCC1CCN(C)C1. The number of nitrogens with one attached hydrogen (secondary N) is 2. The van der Waals surface area contributed by atoms with Crippen molar-refractivity contribution in [3.05, 3.63) is 22.4 Å². The molecule has 0 bridgehead atoms. The van der Waals surface area contributed by atoms with Crippen molar-refractivity contribution in [2.24, 2.45) is 16.8 Å². The summed E-state index contributed by atoms with van der Waals surface area (Å²) in [4.78, 5) is 11.5. The average Bonchev–Trinajstić information content (AvgIpc) is 3.33. The predicted molar refractivity (Wildman–Crippen MR) is 117 cm³/mol. The van der Waals surface area contributed by atoms with E-state index in [1.807, 2.05) is 11.3 Å². The van der Waals surface area contributed by atoms with Crippen molar-refractivity contribution in [3.63, 3.8) is 0 Å². The van der Waals surface area contributed by atoms with Crippen LogP contribution in [0.15, 0.2) is 22.5 Å². The molecule has 0 aromatic carbocycles. The number of rotatable bonds is 7. The number of nitrogens with zero attached hydrogens (tertiary/aromatic N) is 3. The van der Waals surface area contributed by atoms with Crippen molar-refractivity contribution >= 4 is 17.3 Å². The van der Waals surface area contributed by atoms with E-state index in [0.29, 0.717) is 6.04 Å². The van der Waals surface area contributed by atoms with Crippen LogP contribution in [0, 0.1) is 11.8 Å². The van der Waals surface area contributed by atoms with Gasteiger partial charge >= 0.3 is 0 Å². The van der Waals surface area contributed by atoms with Gasteiger partial charge in [0, 0.05) is 24.5 Å². The molecule has 2 saturated heterocycles. The Morgan fingerprint density at radius 3 is 2.70 bits per heavy atom. The van der Waals surface area contributed by atoms with Gasteiger partial charge in [0.25, 0.3) is 0 Å². The number of hydrogen-bond donors (Lipinski definition) is 2. The molecule has 2 fully saturated rings. The molecular weight excluding hydrogens is 354 g/mol. The first-order valence-electron chi connectivity index (χ1n) is 10.6. The van der Waals surface area contributed by atoms with Crippen LogP contribution in [0.2, 0.25) is 0 Å². The Kier molecular flexibility index (Phi) is 7.97. The Morgan fingerprint density at radius 2 is 2.07 bits per heavy atom. The van der Waals surface area contributed by atoms with Crippen molar-refractivity contribution in [2.75, 3.05) is 52.9 Å². The molecule has 2 aliphatic rings. The van der Waals surface area contributed by atoms with Gasteiger partial charge in [-0.1, -0.05) is 13.0 Å². The van der Waals surface area contributed by atoms with Crippen LogP contribution in [0.25, 0.3) is 0 Å². The first-order chi connectivity index (χ1) is 13.2. The van der Waals surface area contributed by atoms with E-state index in [0.717, 1.165) is 37.4 Å². The van der Waals surface area contributed by atoms with Gasteiger partial charge in [-0.05, 0) is 76.2 Å². The van der Waals surface area contributed by atoms with E-state index in [2.05, 4.69) is 58.8 Å². The van der Waals surface area contributed by atoms with Gasteiger partial charge in [-0.15, -0.1) is 11.3 Å². The van der Waals surface area contributed by atoms with Crippen molar-refractivity contribution in [2.45, 2.75) is 39.2 Å². The van der Waals surface area contributed by atoms with Gasteiger partial charge < -0.3 is 15.5 Å². The molecule has 27 heavy (non-hydrogen) atoms. The summed E-state index contributed by atoms with van der Waals surface area (Å²) in [6.07, 6.45) is 3.89. The highest BCUT2D eigenvalue weighted by Gasteiger charge is 2.25. The second kappa shape index (κ2) is 10.4. The summed E-state index contributed by atoms with van der Waals surface area (Å²) in [6.45, 7) is 12.1. The van der Waals surface area contributed by atoms with E-state index in [9.17, 15) is 0 Å². The Bertz CT molecular complexity index is 565. The maximum atomic E-state index is 4.99. The van der Waals surface area contributed by atoms with E-state index in [1.165, 1.54) is 50.3 Å². The second-order valence-electron chi connectivity index (χ2n) is 8.27. The van der Waals surface area contributed by atoms with Crippen molar-refractivity contribution < 1.29 is 0 Å². The van der Waals surface area contributed by atoms with Gasteiger partial charge in [0.15, 0.2) is 5.96 Å². The summed E-state index contributed by atoms with van der Waals surface area (Å²) < 4.78 is 0. The summed E-state index contributed by atoms with van der Waals surface area (Å²) in [5.41, 5.74) is 0. The largest absolute Gasteiger partial charge is 0.357 e. The zero-order valence-corrected chi connectivity index (χ0v) is 18.1. The van der Waals surface area contributed by atoms with Crippen LogP contribution in [0.5, 0.6) is 0 Å². The minimum Gasteiger partial charge on any atom is -0.357 e. The minimum atomic E-state index is 0.408. The van der Waals surface area contributed by atoms with Gasteiger partial charge in [0.05, 0.1) is 12.6 Å². The summed E-state index contributed by atoms with van der Waals surface area (Å²) in [5, 5.41) is 9.22. The van der Waals surface area contributed by atoms with Crippen LogP contribution < -0.4 is 10.6 Å². The molecule has 2 atom stereocenters. The molecule has 5 nitrogen and oxygen atoms in total. The zero-order chi connectivity index (χ0) is 19.1. The van der Waals surface area contributed by atoms with Gasteiger partial charge in [-0.2, -0.15) is 0 Å². The fourth-order valence-electron chi connectivity index (χ4n) is 4.16. The molecule has 3 rings (SSSR count). The van der Waals surface area contributed by atoms with Crippen LogP contribution in [0.4, 0.5) is 0 Å². The van der Waals surface area contributed by atoms with Crippen molar-refractivity contribution in [1.29, 1.82) is 0 Å². The van der Waals surface area contributed by atoms with Crippen LogP contribution in [-0.4, -0.2) is 68.6 Å². The Morgan fingerprint density at radius 1 is 1.26 bits per heavy atom. The third kappa shape index (κ3) is 6.19. The number of guanidine groups is 1. The molecule has 2 aliphatic heterocycles. The summed E-state index contributed by atoms with van der Waals surface area (Å²) in [7, 11) is 2.21. The van der Waals surface area contributed by atoms with E-state index in [4.69, 9.17) is 4.99 Å². The molecule has 0 spiro atoms. The first-order valence-corrected chi connectivity index (χ1v) is 11.5. The molecular formula is C21H37N5S. The Balaban J connectivity index is 1.61. The van der Waals surface area contributed by atoms with Gasteiger partial charge in [-0.25, -0.2) is 0 Å². The number of thiophene rings is 1. The Hall–Kier alpha value is -1.11. The maximum absolute atomic E-state index is 4.99. The smallest absolute Gasteiger partial charge is 0.191 e. The average molecular weight is 392 g/mol. The van der Waals surface area contributed by atoms with Crippen LogP contribution >= 0.6 is 11.3 Å². The quantitative estimate of drug-likeness (QED) is 0.554. The molecule has 1 aromatic rings. The van der Waals surface area contributed by atoms with Crippen LogP contribution in [0.3, 0.4) is 0 Å². The molecule has 0 radical (unpaired) electrons. The normalized spacial score (nSPS) is 24.3. The third-order valence-electron chi connectivity index (χ3n) is 5.94. The van der Waals surface area contributed by atoms with E-state index >= 15 is 0 Å². The fourth-order valence-corrected chi connectivity index (χ4v) is 5.01. The molecule has 0 aliphatic carbocycles. The number of piperidine rings is 1. The standard InChI is InChI=1S/C21H37N5S/c1-4-22-21(23-14-18-9-10-25(3)16-18)24-15-19(20-6-5-13-27-20)26-11-7-17(2)8-12-26/h5-6,13,17-19H,4,7-12,14-16H2,1-3H3,(H2,22,23,24). The summed E-state index contributed by atoms with van der Waals surface area (Å²) >= 11 is 1.87. The lowest BCUT2D eigenvalue weighted by Crippen LogP contribution is -2.41. The second-order valence-corrected chi connectivity index (χ2v) is 9.25. The topological polar surface area (TPSA) is 42.9 Å². The fraction of sp³-hybridized carbons (Fsp3) is 0.762. The molecule has 0 amide bonds. The molecule has 2 N–H and O–H groups in total. The molecule has 2 unspecified atom stereocenters. The summed E-state index contributed by atoms with van der Waals surface area (Å²) in [6, 6.07) is 4.85. The van der Waals surface area contributed by atoms with Gasteiger partial charge in [0.1, 0.15) is 0 Å². The highest BCUT2D eigenvalue weighted by atomic mass is 32.1. The van der Waals surface area contributed by atoms with E-state index in [1.54, 1.807) is 0 Å². The summed E-state index contributed by atoms with van der Waals surface area (Å²) in [5.74, 6) is 2.56. The highest BCUT2D eigenvalue weighted by molar-refractivity contribution is 7.10. The van der Waals surface area contributed by atoms with E-state index in [-0.39, 0.29) is 0 Å². The lowest BCUT2D eigenvalue weighted by molar-refractivity contribution is 0.143. The molecule has 0 saturated carbocycles. The monoisotopic (exact) mass is 391 g/mol. The van der Waals surface area contributed by atoms with Crippen LogP contribution in [-0.2, 0) is 0 Å². The molecule has 1 aromatic heterocycles. The molecule has 3 heterocycles. The van der Waals surface area contributed by atoms with Crippen molar-refractivity contribution in [3.8, 4) is 0 Å². The molecule has 6 heteroatoms. The number of hydrogen-bond acceptors (Lipinski definition) is 4. The minimum absolute atomic E-state index is 0.408. The predicted octanol–water partition coefficient (Wildman–Crippen LogP) is 3.03. The van der Waals surface area contributed by atoms with Gasteiger partial charge in [-0.3, -0.25) is 9.89 Å². The lowest BCUT2D eigenvalue weighted by atomic mass is 9.97. The van der Waals surface area contributed by atoms with Gasteiger partial charge in [0.2, 0.25) is 0 Å². The zero-order valence-electron chi connectivity index (χ0n) is 17.3. The lowest BCUT2D eigenvalue weighted by Gasteiger charge is -2.35. The van der Waals surface area contributed by atoms with E-state index < -0.39 is 0 Å². The third-order valence-corrected chi connectivity index (χ3v) is 6.92. The number of likely N-dealkylation sites (tertiary alicyclic amines) is 2. The Labute approximate surface area is 169 Å². The molecule has 152 valence electrons. The number of aliphatic imine (C=N–C) groups is 1. The van der Waals surface area contributed by atoms with Crippen molar-refractivity contribution in [1.82, 2.24) is 20.4 Å². The highest BCUT2D eigenvalue weighted by Crippen LogP contribution is 2.29. The van der Waals surface area contributed by atoms with Crippen LogP contribution in [0.1, 0.15) is 44.0 Å².